The predicted molar refractivity (Wildman–Crippen MR) is 201 cm³/mol. The maximum absolute atomic E-state index is 14.5. The van der Waals surface area contributed by atoms with E-state index in [0.717, 1.165) is 5.56 Å². The molecule has 2 aromatic rings. The molecule has 6 rings (SSSR count). The molecule has 0 saturated carbocycles. The lowest BCUT2D eigenvalue weighted by atomic mass is 9.99. The van der Waals surface area contributed by atoms with Crippen LogP contribution in [0.5, 0.6) is 0 Å². The zero-order valence-electron chi connectivity index (χ0n) is 31.0. The molecular formula is C39H48ClN7O8. The molecule has 0 radical (unpaired) electrons. The van der Waals surface area contributed by atoms with Crippen LogP contribution in [0.3, 0.4) is 0 Å². The van der Waals surface area contributed by atoms with E-state index in [1.807, 2.05) is 13.0 Å². The maximum Gasteiger partial charge on any atom is 0.328 e. The van der Waals surface area contributed by atoms with Gasteiger partial charge in [-0.15, -0.1) is 0 Å². The standard InChI is InChI=1S/C39H48ClN7O8/c1-23-18-32-38(53)55-22-29(43-33(48)28(19-25-10-4-3-5-11-25)44-39(54)42-27-13-8-12-26(40)20-27)36(51)46-17-9-15-31(46)37(52)45-16-7-6-14-30(45)34(49)41-24(2)35(50)47(32)21-23/h3-5,8,10-13,20,23-24,28-32H,6-7,9,14-19,21-22H2,1-2H3,(H,41,49)(H,43,48)(H2,42,44,54)/t23-,24-,28-,29-,30-,31-,32-/m0/s1. The highest BCUT2D eigenvalue weighted by Gasteiger charge is 2.46. The molecule has 4 aliphatic rings. The fraction of sp³-hybridized carbons (Fsp3) is 0.513. The van der Waals surface area contributed by atoms with Crippen LogP contribution >= 0.6 is 11.6 Å². The molecule has 0 spiro atoms. The Balaban J connectivity index is 1.30. The number of carbonyl (C=O) groups excluding carboxylic acids is 7. The van der Waals surface area contributed by atoms with E-state index in [9.17, 15) is 33.6 Å². The first-order valence-electron chi connectivity index (χ1n) is 19.0. The number of hydrogen-bond acceptors (Lipinski definition) is 8. The smallest absolute Gasteiger partial charge is 0.328 e. The Kier molecular flexibility index (Phi) is 12.6. The number of fused-ring (bicyclic) bond motifs is 3. The van der Waals surface area contributed by atoms with Crippen molar-refractivity contribution in [2.75, 3.05) is 31.6 Å². The predicted octanol–water partition coefficient (Wildman–Crippen LogP) is 2.23. The number of esters is 1. The van der Waals surface area contributed by atoms with Crippen molar-refractivity contribution in [1.82, 2.24) is 30.7 Å². The molecule has 4 N–H and O–H groups in total. The van der Waals surface area contributed by atoms with Crippen molar-refractivity contribution < 1.29 is 38.3 Å². The fourth-order valence-corrected chi connectivity index (χ4v) is 8.13. The van der Waals surface area contributed by atoms with Crippen molar-refractivity contribution in [3.05, 3.63) is 65.2 Å². The summed E-state index contributed by atoms with van der Waals surface area (Å²) in [5, 5.41) is 11.3. The van der Waals surface area contributed by atoms with Gasteiger partial charge in [0.2, 0.25) is 29.5 Å². The van der Waals surface area contributed by atoms with E-state index in [-0.39, 0.29) is 25.4 Å². The Morgan fingerprint density at radius 1 is 0.855 bits per heavy atom. The third-order valence-corrected chi connectivity index (χ3v) is 10.9. The van der Waals surface area contributed by atoms with Gasteiger partial charge in [0, 0.05) is 36.8 Å². The summed E-state index contributed by atoms with van der Waals surface area (Å²) in [6.45, 7) is 3.64. The summed E-state index contributed by atoms with van der Waals surface area (Å²) in [6, 6.07) is 8.44. The number of anilines is 1. The van der Waals surface area contributed by atoms with E-state index in [2.05, 4.69) is 21.3 Å². The van der Waals surface area contributed by atoms with Gasteiger partial charge in [-0.25, -0.2) is 9.59 Å². The molecule has 16 heteroatoms. The Labute approximate surface area is 324 Å². The number of halogens is 1. The lowest BCUT2D eigenvalue weighted by Gasteiger charge is -2.39. The highest BCUT2D eigenvalue weighted by molar-refractivity contribution is 6.30. The summed E-state index contributed by atoms with van der Waals surface area (Å²) in [7, 11) is 0. The highest BCUT2D eigenvalue weighted by atomic mass is 35.5. The summed E-state index contributed by atoms with van der Waals surface area (Å²) in [5.41, 5.74) is 1.12. The number of urea groups is 1. The number of hydrogen-bond donors (Lipinski definition) is 4. The number of rotatable bonds is 6. The van der Waals surface area contributed by atoms with Crippen LogP contribution in [0.2, 0.25) is 5.02 Å². The van der Waals surface area contributed by atoms with Gasteiger partial charge >= 0.3 is 12.0 Å². The second-order valence-corrected chi connectivity index (χ2v) is 15.3. The highest BCUT2D eigenvalue weighted by Crippen LogP contribution is 2.28. The molecule has 0 aliphatic carbocycles. The Hall–Kier alpha value is -5.18. The normalized spacial score (nSPS) is 27.0. The van der Waals surface area contributed by atoms with Gasteiger partial charge in [0.25, 0.3) is 0 Å². The van der Waals surface area contributed by atoms with E-state index in [4.69, 9.17) is 16.3 Å². The van der Waals surface area contributed by atoms with Crippen LogP contribution in [0, 0.1) is 5.92 Å². The minimum atomic E-state index is -1.45. The summed E-state index contributed by atoms with van der Waals surface area (Å²) < 4.78 is 5.73. The Morgan fingerprint density at radius 2 is 1.58 bits per heavy atom. The van der Waals surface area contributed by atoms with Crippen LogP contribution in [0.4, 0.5) is 10.5 Å². The van der Waals surface area contributed by atoms with Gasteiger partial charge in [-0.2, -0.15) is 0 Å². The fourth-order valence-electron chi connectivity index (χ4n) is 7.94. The lowest BCUT2D eigenvalue weighted by molar-refractivity contribution is -0.158. The molecule has 0 bridgehead atoms. The van der Waals surface area contributed by atoms with E-state index < -0.39 is 84.4 Å². The molecule has 0 unspecified atom stereocenters. The van der Waals surface area contributed by atoms with Gasteiger partial charge in [-0.05, 0) is 75.1 Å². The van der Waals surface area contributed by atoms with Crippen molar-refractivity contribution in [1.29, 1.82) is 0 Å². The molecule has 294 valence electrons. The Morgan fingerprint density at radius 3 is 2.35 bits per heavy atom. The quantitative estimate of drug-likeness (QED) is 0.322. The van der Waals surface area contributed by atoms with Crippen LogP contribution in [0.1, 0.15) is 57.9 Å². The number of amides is 7. The van der Waals surface area contributed by atoms with E-state index in [1.54, 1.807) is 55.5 Å². The van der Waals surface area contributed by atoms with Crippen LogP contribution < -0.4 is 21.3 Å². The molecule has 0 aromatic heterocycles. The molecule has 2 aromatic carbocycles. The number of cyclic esters (lactones) is 1. The van der Waals surface area contributed by atoms with E-state index >= 15 is 0 Å². The number of ether oxygens (including phenoxy) is 1. The molecule has 15 nitrogen and oxygen atoms in total. The first-order valence-corrected chi connectivity index (χ1v) is 19.3. The first-order chi connectivity index (χ1) is 26.4. The van der Waals surface area contributed by atoms with Gasteiger partial charge in [0.15, 0.2) is 0 Å². The van der Waals surface area contributed by atoms with Crippen LogP contribution in [0.25, 0.3) is 0 Å². The van der Waals surface area contributed by atoms with Gasteiger partial charge in [0.05, 0.1) is 0 Å². The third-order valence-electron chi connectivity index (χ3n) is 10.7. The number of nitrogens with zero attached hydrogens (tertiary/aromatic N) is 3. The van der Waals surface area contributed by atoms with Gasteiger partial charge in [-0.3, -0.25) is 24.0 Å². The van der Waals surface area contributed by atoms with Crippen LogP contribution in [0.15, 0.2) is 54.6 Å². The number of carbonyl (C=O) groups is 7. The van der Waals surface area contributed by atoms with E-state index in [0.29, 0.717) is 55.8 Å². The molecule has 7 amide bonds. The summed E-state index contributed by atoms with van der Waals surface area (Å²) >= 11 is 6.09. The molecule has 4 fully saturated rings. The summed E-state index contributed by atoms with van der Waals surface area (Å²) in [4.78, 5) is 101. The number of piperidine rings is 1. The number of nitrogens with one attached hydrogen (secondary N) is 4. The average Bonchev–Trinajstić information content (AvgIpc) is 3.82. The lowest BCUT2D eigenvalue weighted by Crippen LogP contribution is -2.62. The van der Waals surface area contributed by atoms with Crippen molar-refractivity contribution >= 4 is 58.8 Å². The minimum absolute atomic E-state index is 0.0504. The van der Waals surface area contributed by atoms with E-state index in [1.165, 1.54) is 14.7 Å². The minimum Gasteiger partial charge on any atom is -0.461 e. The second-order valence-electron chi connectivity index (χ2n) is 14.9. The SMILES string of the molecule is C[C@H]1C[C@H]2C(=O)OC[C@H](NC(=O)[C@H](Cc3ccccc3)NC(=O)Nc3cccc(Cl)c3)C(=O)N3CCC[C@H]3C(=O)N3CCCC[C@H]3C(=O)N[C@@H](C)C(=O)N2C1. The van der Waals surface area contributed by atoms with Gasteiger partial charge in [-0.1, -0.05) is 54.9 Å². The molecule has 55 heavy (non-hydrogen) atoms. The first kappa shape index (κ1) is 39.5. The zero-order valence-corrected chi connectivity index (χ0v) is 31.8. The van der Waals surface area contributed by atoms with Crippen molar-refractivity contribution in [2.24, 2.45) is 5.92 Å². The van der Waals surface area contributed by atoms with Crippen LogP contribution in [-0.4, -0.2) is 119 Å². The topological polar surface area (TPSA) is 187 Å². The van der Waals surface area contributed by atoms with Crippen molar-refractivity contribution in [2.45, 2.75) is 95.0 Å². The van der Waals surface area contributed by atoms with Gasteiger partial charge in [0.1, 0.15) is 42.9 Å². The number of benzene rings is 2. The maximum atomic E-state index is 14.5. The Bertz CT molecular complexity index is 1800. The summed E-state index contributed by atoms with van der Waals surface area (Å²) in [6.07, 6.45) is 2.96. The van der Waals surface area contributed by atoms with Crippen molar-refractivity contribution in [3.8, 4) is 0 Å². The monoisotopic (exact) mass is 777 g/mol. The molecule has 7 atom stereocenters. The van der Waals surface area contributed by atoms with Gasteiger partial charge < -0.3 is 40.7 Å². The third kappa shape index (κ3) is 9.38. The molecule has 4 heterocycles. The van der Waals surface area contributed by atoms with Crippen LogP contribution in [-0.2, 0) is 39.9 Å². The molecule has 4 aliphatic heterocycles. The zero-order chi connectivity index (χ0) is 39.2. The largest absolute Gasteiger partial charge is 0.461 e. The average molecular weight is 778 g/mol. The molecule has 4 saturated heterocycles. The van der Waals surface area contributed by atoms with Crippen molar-refractivity contribution in [3.63, 3.8) is 0 Å². The summed E-state index contributed by atoms with van der Waals surface area (Å²) in [5.74, 6) is -3.52. The molecular weight excluding hydrogens is 730 g/mol. The second kappa shape index (κ2) is 17.5.